The molecule has 82 valence electrons. The molecule has 0 saturated heterocycles. The Morgan fingerprint density at radius 2 is 2.27 bits per heavy atom. The van der Waals surface area contributed by atoms with Crippen molar-refractivity contribution < 1.29 is 5.11 Å². The summed E-state index contributed by atoms with van der Waals surface area (Å²) in [5.41, 5.74) is 1.27. The highest BCUT2D eigenvalue weighted by molar-refractivity contribution is 7.10. The van der Waals surface area contributed by atoms with E-state index in [1.165, 1.54) is 36.1 Å². The van der Waals surface area contributed by atoms with Gasteiger partial charge >= 0.3 is 0 Å². The Hall–Kier alpha value is -0.340. The monoisotopic (exact) mass is 222 g/mol. The molecule has 2 heteroatoms. The molecule has 0 amide bonds. The maximum atomic E-state index is 10.4. The van der Waals surface area contributed by atoms with Gasteiger partial charge in [0.1, 0.15) is 0 Å². The Labute approximate surface area is 95.1 Å². The standard InChI is InChI=1S/C13H18OS/c1-8-4-5-15-13(8)12(14)11-7-9-2-3-10(11)6-9/h4-5,9-12,14H,2-3,6-7H2,1H3. The van der Waals surface area contributed by atoms with Crippen LogP contribution in [0.25, 0.3) is 0 Å². The lowest BCUT2D eigenvalue weighted by Crippen LogP contribution is -2.18. The first-order valence-electron chi connectivity index (χ1n) is 5.97. The molecule has 0 aromatic carbocycles. The predicted octanol–water partition coefficient (Wildman–Crippen LogP) is 3.53. The first-order chi connectivity index (χ1) is 7.25. The first kappa shape index (κ1) is 9.86. The van der Waals surface area contributed by atoms with Crippen molar-refractivity contribution in [2.75, 3.05) is 0 Å². The quantitative estimate of drug-likeness (QED) is 0.811. The Morgan fingerprint density at radius 1 is 1.40 bits per heavy atom. The third kappa shape index (κ3) is 1.55. The third-order valence-corrected chi connectivity index (χ3v) is 5.46. The minimum Gasteiger partial charge on any atom is -0.387 e. The molecule has 1 heterocycles. The minimum absolute atomic E-state index is 0.180. The van der Waals surface area contributed by atoms with Crippen molar-refractivity contribution in [3.05, 3.63) is 21.9 Å². The Balaban J connectivity index is 1.81. The summed E-state index contributed by atoms with van der Waals surface area (Å²) < 4.78 is 0. The van der Waals surface area contributed by atoms with E-state index in [0.717, 1.165) is 11.8 Å². The summed E-state index contributed by atoms with van der Waals surface area (Å²) in [5.74, 6) is 2.29. The molecule has 2 bridgehead atoms. The third-order valence-electron chi connectivity index (χ3n) is 4.37. The van der Waals surface area contributed by atoms with Gasteiger partial charge in [0.25, 0.3) is 0 Å². The average molecular weight is 222 g/mol. The number of hydrogen-bond donors (Lipinski definition) is 1. The molecular formula is C13H18OS. The van der Waals surface area contributed by atoms with Crippen LogP contribution in [-0.2, 0) is 0 Å². The molecule has 2 aliphatic carbocycles. The van der Waals surface area contributed by atoms with E-state index >= 15 is 0 Å². The molecule has 4 atom stereocenters. The van der Waals surface area contributed by atoms with Gasteiger partial charge in [0.05, 0.1) is 6.10 Å². The van der Waals surface area contributed by atoms with Crippen molar-refractivity contribution in [3.8, 4) is 0 Å². The molecule has 15 heavy (non-hydrogen) atoms. The molecule has 2 saturated carbocycles. The highest BCUT2D eigenvalue weighted by atomic mass is 32.1. The molecule has 1 N–H and O–H groups in total. The van der Waals surface area contributed by atoms with Crippen LogP contribution in [0.4, 0.5) is 0 Å². The van der Waals surface area contributed by atoms with Gasteiger partial charge in [0.2, 0.25) is 0 Å². The van der Waals surface area contributed by atoms with Crippen LogP contribution >= 0.6 is 11.3 Å². The number of thiophene rings is 1. The smallest absolute Gasteiger partial charge is 0.0915 e. The van der Waals surface area contributed by atoms with Gasteiger partial charge in [-0.2, -0.15) is 0 Å². The molecule has 2 fully saturated rings. The van der Waals surface area contributed by atoms with Crippen molar-refractivity contribution in [3.63, 3.8) is 0 Å². The van der Waals surface area contributed by atoms with E-state index in [0.29, 0.717) is 5.92 Å². The van der Waals surface area contributed by atoms with Crippen LogP contribution in [0.5, 0.6) is 0 Å². The largest absolute Gasteiger partial charge is 0.387 e. The zero-order valence-corrected chi connectivity index (χ0v) is 9.96. The number of aliphatic hydroxyl groups excluding tert-OH is 1. The Kier molecular flexibility index (Phi) is 2.37. The fraction of sp³-hybridized carbons (Fsp3) is 0.692. The van der Waals surface area contributed by atoms with Gasteiger partial charge in [-0.05, 0) is 60.9 Å². The van der Waals surface area contributed by atoms with E-state index in [9.17, 15) is 5.11 Å². The van der Waals surface area contributed by atoms with Crippen molar-refractivity contribution in [1.82, 2.24) is 0 Å². The fourth-order valence-electron chi connectivity index (χ4n) is 3.56. The molecule has 0 spiro atoms. The number of aliphatic hydroxyl groups is 1. The molecule has 1 aromatic heterocycles. The summed E-state index contributed by atoms with van der Waals surface area (Å²) in [6.07, 6.45) is 5.24. The normalized spacial score (nSPS) is 36.0. The molecular weight excluding hydrogens is 204 g/mol. The summed E-state index contributed by atoms with van der Waals surface area (Å²) >= 11 is 1.72. The molecule has 0 radical (unpaired) electrons. The van der Waals surface area contributed by atoms with Crippen molar-refractivity contribution in [2.45, 2.75) is 38.7 Å². The topological polar surface area (TPSA) is 20.2 Å². The second-order valence-corrected chi connectivity index (χ2v) is 6.20. The predicted molar refractivity (Wildman–Crippen MR) is 63.0 cm³/mol. The molecule has 1 nitrogen and oxygen atoms in total. The van der Waals surface area contributed by atoms with Crippen molar-refractivity contribution >= 4 is 11.3 Å². The van der Waals surface area contributed by atoms with Gasteiger partial charge in [0, 0.05) is 4.88 Å². The first-order valence-corrected chi connectivity index (χ1v) is 6.85. The van der Waals surface area contributed by atoms with E-state index < -0.39 is 0 Å². The summed E-state index contributed by atoms with van der Waals surface area (Å²) in [6.45, 7) is 2.11. The summed E-state index contributed by atoms with van der Waals surface area (Å²) in [7, 11) is 0. The van der Waals surface area contributed by atoms with Crippen LogP contribution in [0.3, 0.4) is 0 Å². The molecule has 3 rings (SSSR count). The molecule has 0 aliphatic heterocycles. The lowest BCUT2D eigenvalue weighted by Gasteiger charge is -2.26. The Morgan fingerprint density at radius 3 is 2.80 bits per heavy atom. The van der Waals surface area contributed by atoms with Crippen LogP contribution in [0, 0.1) is 24.7 Å². The van der Waals surface area contributed by atoms with E-state index in [-0.39, 0.29) is 6.10 Å². The zero-order valence-electron chi connectivity index (χ0n) is 9.15. The summed E-state index contributed by atoms with van der Waals surface area (Å²) in [4.78, 5) is 1.22. The van der Waals surface area contributed by atoms with Gasteiger partial charge in [-0.1, -0.05) is 6.42 Å². The molecule has 2 aliphatic rings. The van der Waals surface area contributed by atoms with Gasteiger partial charge in [0.15, 0.2) is 0 Å². The second-order valence-electron chi connectivity index (χ2n) is 5.25. The highest BCUT2D eigenvalue weighted by Gasteiger charge is 2.43. The SMILES string of the molecule is Cc1ccsc1C(O)C1CC2CCC1C2. The maximum Gasteiger partial charge on any atom is 0.0915 e. The molecule has 4 unspecified atom stereocenters. The fourth-order valence-corrected chi connectivity index (χ4v) is 4.55. The van der Waals surface area contributed by atoms with Crippen LogP contribution in [0.2, 0.25) is 0 Å². The van der Waals surface area contributed by atoms with E-state index in [4.69, 9.17) is 0 Å². The number of fused-ring (bicyclic) bond motifs is 2. The van der Waals surface area contributed by atoms with Crippen LogP contribution in [0.15, 0.2) is 11.4 Å². The second kappa shape index (κ2) is 3.60. The van der Waals surface area contributed by atoms with Gasteiger partial charge < -0.3 is 5.11 Å². The number of rotatable bonds is 2. The zero-order chi connectivity index (χ0) is 10.4. The number of hydrogen-bond acceptors (Lipinski definition) is 2. The summed E-state index contributed by atoms with van der Waals surface area (Å²) in [6, 6.07) is 2.12. The number of aryl methyl sites for hydroxylation is 1. The van der Waals surface area contributed by atoms with Crippen LogP contribution in [-0.4, -0.2) is 5.11 Å². The van der Waals surface area contributed by atoms with E-state index in [2.05, 4.69) is 18.4 Å². The maximum absolute atomic E-state index is 10.4. The van der Waals surface area contributed by atoms with Crippen LogP contribution in [0.1, 0.15) is 42.2 Å². The van der Waals surface area contributed by atoms with Crippen molar-refractivity contribution in [1.29, 1.82) is 0 Å². The summed E-state index contributed by atoms with van der Waals surface area (Å²) in [5, 5.41) is 12.5. The van der Waals surface area contributed by atoms with Crippen LogP contribution < -0.4 is 0 Å². The minimum atomic E-state index is -0.180. The van der Waals surface area contributed by atoms with E-state index in [1.807, 2.05) is 0 Å². The lowest BCUT2D eigenvalue weighted by atomic mass is 9.83. The highest BCUT2D eigenvalue weighted by Crippen LogP contribution is 2.53. The van der Waals surface area contributed by atoms with Gasteiger partial charge in [-0.3, -0.25) is 0 Å². The average Bonchev–Trinajstić information content (AvgIpc) is 2.91. The molecule has 1 aromatic rings. The van der Waals surface area contributed by atoms with Gasteiger partial charge in [-0.15, -0.1) is 11.3 Å². The lowest BCUT2D eigenvalue weighted by molar-refractivity contribution is 0.0770. The van der Waals surface area contributed by atoms with Gasteiger partial charge in [-0.25, -0.2) is 0 Å². The van der Waals surface area contributed by atoms with E-state index in [1.54, 1.807) is 11.3 Å². The Bertz CT molecular complexity index is 357. The van der Waals surface area contributed by atoms with Crippen molar-refractivity contribution in [2.24, 2.45) is 17.8 Å².